The van der Waals surface area contributed by atoms with Crippen molar-refractivity contribution in [3.05, 3.63) is 18.0 Å². The molecule has 0 unspecified atom stereocenters. The highest BCUT2D eigenvalue weighted by Crippen LogP contribution is 2.38. The first-order chi connectivity index (χ1) is 10.1. The molecule has 0 bridgehead atoms. The topological polar surface area (TPSA) is 61.5 Å². The molecule has 3 rings (SSSR count). The van der Waals surface area contributed by atoms with E-state index < -0.39 is 0 Å². The molecule has 1 amide bonds. The molecule has 0 aliphatic carbocycles. The number of rotatable bonds is 4. The largest absolute Gasteiger partial charge is 0.381 e. The van der Waals surface area contributed by atoms with Gasteiger partial charge in [0.05, 0.1) is 5.54 Å². The van der Waals surface area contributed by atoms with Gasteiger partial charge in [0.2, 0.25) is 0 Å². The lowest BCUT2D eigenvalue weighted by atomic mass is 9.75. The van der Waals surface area contributed by atoms with Crippen LogP contribution in [-0.2, 0) is 4.74 Å². The maximum Gasteiger partial charge on any atom is 0.271 e. The molecule has 0 aromatic carbocycles. The second-order valence-electron chi connectivity index (χ2n) is 6.30. The van der Waals surface area contributed by atoms with Gasteiger partial charge < -0.3 is 9.64 Å². The first-order valence-electron chi connectivity index (χ1n) is 7.72. The Morgan fingerprint density at radius 3 is 3.05 bits per heavy atom. The number of hydrogen-bond acceptors (Lipinski definition) is 4. The van der Waals surface area contributed by atoms with Gasteiger partial charge in [-0.1, -0.05) is 0 Å². The number of carbonyl (C=O) groups is 1. The van der Waals surface area contributed by atoms with Crippen molar-refractivity contribution in [3.63, 3.8) is 0 Å². The average molecular weight is 292 g/mol. The standard InChI is InChI=1S/C15H24N4O2/c1-3-21-9-12-5-7-18(2)15(8-12)10-19(11-15)14(20)13-4-6-16-17-13/h4,6,12H,3,5,7-11H2,1-2H3,(H,16,17)/t12-/m0/s1. The minimum Gasteiger partial charge on any atom is -0.381 e. The van der Waals surface area contributed by atoms with Crippen molar-refractivity contribution in [3.8, 4) is 0 Å². The summed E-state index contributed by atoms with van der Waals surface area (Å²) in [6, 6.07) is 1.73. The normalized spacial score (nSPS) is 25.0. The van der Waals surface area contributed by atoms with Crippen LogP contribution in [0.5, 0.6) is 0 Å². The second kappa shape index (κ2) is 5.77. The van der Waals surface area contributed by atoms with Crippen LogP contribution in [0.4, 0.5) is 0 Å². The predicted octanol–water partition coefficient (Wildman–Crippen LogP) is 0.983. The summed E-state index contributed by atoms with van der Waals surface area (Å²) >= 11 is 0. The van der Waals surface area contributed by atoms with Crippen LogP contribution in [0.3, 0.4) is 0 Å². The maximum absolute atomic E-state index is 12.3. The minimum absolute atomic E-state index is 0.0541. The van der Waals surface area contributed by atoms with Crippen molar-refractivity contribution in [1.82, 2.24) is 20.0 Å². The summed E-state index contributed by atoms with van der Waals surface area (Å²) < 4.78 is 5.59. The van der Waals surface area contributed by atoms with Crippen molar-refractivity contribution < 1.29 is 9.53 Å². The molecule has 116 valence electrons. The molecule has 2 fully saturated rings. The minimum atomic E-state index is 0.0541. The van der Waals surface area contributed by atoms with Crippen LogP contribution in [0.25, 0.3) is 0 Å². The molecular formula is C15H24N4O2. The molecule has 2 aliphatic rings. The number of aromatic nitrogens is 2. The zero-order valence-corrected chi connectivity index (χ0v) is 12.8. The monoisotopic (exact) mass is 292 g/mol. The molecule has 1 atom stereocenters. The highest BCUT2D eigenvalue weighted by molar-refractivity contribution is 5.93. The molecule has 2 saturated heterocycles. The molecule has 0 saturated carbocycles. The van der Waals surface area contributed by atoms with Gasteiger partial charge in [-0.05, 0) is 45.3 Å². The summed E-state index contributed by atoms with van der Waals surface area (Å²) in [5.74, 6) is 0.670. The Morgan fingerprint density at radius 1 is 1.57 bits per heavy atom. The molecule has 2 aliphatic heterocycles. The van der Waals surface area contributed by atoms with Crippen molar-refractivity contribution in [2.24, 2.45) is 5.92 Å². The molecular weight excluding hydrogens is 268 g/mol. The molecule has 1 spiro atoms. The van der Waals surface area contributed by atoms with Gasteiger partial charge in [-0.25, -0.2) is 0 Å². The molecule has 3 heterocycles. The van der Waals surface area contributed by atoms with Gasteiger partial charge in [0.25, 0.3) is 5.91 Å². The zero-order valence-electron chi connectivity index (χ0n) is 12.8. The molecule has 1 aromatic rings. The van der Waals surface area contributed by atoms with E-state index in [0.29, 0.717) is 11.6 Å². The number of H-pyrrole nitrogens is 1. The lowest BCUT2D eigenvalue weighted by molar-refractivity contribution is -0.0753. The Bertz CT molecular complexity index is 480. The van der Waals surface area contributed by atoms with Gasteiger partial charge in [0, 0.05) is 32.5 Å². The van der Waals surface area contributed by atoms with Gasteiger partial charge in [0.1, 0.15) is 5.69 Å². The molecule has 21 heavy (non-hydrogen) atoms. The number of piperidine rings is 1. The first-order valence-corrected chi connectivity index (χ1v) is 7.72. The van der Waals surface area contributed by atoms with Crippen LogP contribution in [0.2, 0.25) is 0 Å². The van der Waals surface area contributed by atoms with E-state index in [4.69, 9.17) is 4.74 Å². The average Bonchev–Trinajstić information content (AvgIpc) is 2.97. The number of hydrogen-bond donors (Lipinski definition) is 1. The van der Waals surface area contributed by atoms with Crippen molar-refractivity contribution in [1.29, 1.82) is 0 Å². The van der Waals surface area contributed by atoms with Gasteiger partial charge in [-0.3, -0.25) is 14.8 Å². The molecule has 0 radical (unpaired) electrons. The van der Waals surface area contributed by atoms with E-state index in [9.17, 15) is 4.79 Å². The first kappa shape index (κ1) is 14.5. The number of amides is 1. The second-order valence-corrected chi connectivity index (χ2v) is 6.30. The van der Waals surface area contributed by atoms with Crippen LogP contribution in [0.15, 0.2) is 12.3 Å². The Labute approximate surface area is 125 Å². The van der Waals surface area contributed by atoms with Crippen LogP contribution in [0.1, 0.15) is 30.3 Å². The van der Waals surface area contributed by atoms with Crippen LogP contribution >= 0.6 is 0 Å². The van der Waals surface area contributed by atoms with Crippen LogP contribution < -0.4 is 0 Å². The summed E-state index contributed by atoms with van der Waals surface area (Å²) in [5.41, 5.74) is 0.726. The summed E-state index contributed by atoms with van der Waals surface area (Å²) in [6.45, 7) is 6.38. The molecule has 6 heteroatoms. The Hall–Kier alpha value is -1.40. The number of carbonyl (C=O) groups excluding carboxylic acids is 1. The maximum atomic E-state index is 12.3. The Balaban J connectivity index is 1.60. The lowest BCUT2D eigenvalue weighted by Crippen LogP contribution is -2.72. The van der Waals surface area contributed by atoms with Gasteiger partial charge in [-0.15, -0.1) is 0 Å². The van der Waals surface area contributed by atoms with E-state index in [2.05, 4.69) is 22.1 Å². The van der Waals surface area contributed by atoms with E-state index in [0.717, 1.165) is 39.3 Å². The number of nitrogens with one attached hydrogen (secondary N) is 1. The smallest absolute Gasteiger partial charge is 0.271 e. The number of likely N-dealkylation sites (N-methyl/N-ethyl adjacent to an activating group) is 1. The van der Waals surface area contributed by atoms with E-state index in [-0.39, 0.29) is 11.4 Å². The number of aromatic amines is 1. The summed E-state index contributed by atoms with van der Waals surface area (Å²) in [4.78, 5) is 16.6. The van der Waals surface area contributed by atoms with Gasteiger partial charge >= 0.3 is 0 Å². The number of ether oxygens (including phenoxy) is 1. The van der Waals surface area contributed by atoms with Gasteiger partial charge in [0.15, 0.2) is 0 Å². The molecule has 6 nitrogen and oxygen atoms in total. The van der Waals surface area contributed by atoms with E-state index in [1.807, 2.05) is 11.8 Å². The molecule has 1 N–H and O–H groups in total. The van der Waals surface area contributed by atoms with Crippen LogP contribution in [-0.4, -0.2) is 71.3 Å². The third-order valence-corrected chi connectivity index (χ3v) is 4.90. The highest BCUT2D eigenvalue weighted by atomic mass is 16.5. The quantitative estimate of drug-likeness (QED) is 0.899. The van der Waals surface area contributed by atoms with E-state index in [1.165, 1.54) is 6.42 Å². The van der Waals surface area contributed by atoms with Crippen molar-refractivity contribution in [2.45, 2.75) is 25.3 Å². The summed E-state index contributed by atoms with van der Waals surface area (Å²) in [5, 5.41) is 6.60. The summed E-state index contributed by atoms with van der Waals surface area (Å²) in [7, 11) is 2.18. The van der Waals surface area contributed by atoms with Crippen LogP contribution in [0, 0.1) is 5.92 Å². The van der Waals surface area contributed by atoms with E-state index >= 15 is 0 Å². The van der Waals surface area contributed by atoms with E-state index in [1.54, 1.807) is 12.3 Å². The fourth-order valence-electron chi connectivity index (χ4n) is 3.56. The van der Waals surface area contributed by atoms with Crippen molar-refractivity contribution >= 4 is 5.91 Å². The fourth-order valence-corrected chi connectivity index (χ4v) is 3.56. The Kier molecular flexibility index (Phi) is 3.99. The SMILES string of the molecule is CCOC[C@H]1CCN(C)C2(C1)CN(C(=O)c1ccn[nH]1)C2. The Morgan fingerprint density at radius 2 is 2.38 bits per heavy atom. The third-order valence-electron chi connectivity index (χ3n) is 4.90. The lowest BCUT2D eigenvalue weighted by Gasteiger charge is -2.58. The third kappa shape index (κ3) is 2.70. The van der Waals surface area contributed by atoms with Gasteiger partial charge in [-0.2, -0.15) is 5.10 Å². The fraction of sp³-hybridized carbons (Fsp3) is 0.733. The zero-order chi connectivity index (χ0) is 14.9. The molecule has 1 aromatic heterocycles. The predicted molar refractivity (Wildman–Crippen MR) is 79.1 cm³/mol. The number of likely N-dealkylation sites (tertiary alicyclic amines) is 2. The summed E-state index contributed by atoms with van der Waals surface area (Å²) in [6.07, 6.45) is 3.93. The highest BCUT2D eigenvalue weighted by Gasteiger charge is 2.51. The number of nitrogens with zero attached hydrogens (tertiary/aromatic N) is 3. The van der Waals surface area contributed by atoms with Crippen molar-refractivity contribution in [2.75, 3.05) is 39.9 Å².